The summed E-state index contributed by atoms with van der Waals surface area (Å²) < 4.78 is 10.3. The highest BCUT2D eigenvalue weighted by molar-refractivity contribution is 9.18. The van der Waals surface area contributed by atoms with Crippen LogP contribution in [0.25, 0.3) is 0 Å². The van der Waals surface area contributed by atoms with Crippen LogP contribution in [0.3, 0.4) is 0 Å². The van der Waals surface area contributed by atoms with E-state index in [-0.39, 0.29) is 10.4 Å². The van der Waals surface area contributed by atoms with Crippen LogP contribution in [-0.2, 0) is 15.6 Å². The lowest BCUT2D eigenvalue weighted by Gasteiger charge is -1.88. The normalized spacial score (nSPS) is 13.2. The maximum atomic E-state index is 10.5. The third kappa shape index (κ3) is 4.46. The molecule has 2 nitrogen and oxygen atoms in total. The first-order valence-electron chi connectivity index (χ1n) is 2.20. The van der Waals surface area contributed by atoms with Crippen LogP contribution in [0.5, 0.6) is 0 Å². The summed E-state index contributed by atoms with van der Waals surface area (Å²) in [6.07, 6.45) is 0. The molecule has 0 bridgehead atoms. The van der Waals surface area contributed by atoms with Gasteiger partial charge in [-0.3, -0.25) is 9.00 Å². The van der Waals surface area contributed by atoms with Gasteiger partial charge < -0.3 is 0 Å². The first-order valence-corrected chi connectivity index (χ1v) is 4.48. The SMILES string of the molecule is CCS(=O)CC(=O)Br. The van der Waals surface area contributed by atoms with Crippen LogP contribution in [0.1, 0.15) is 6.92 Å². The maximum absolute atomic E-state index is 10.5. The summed E-state index contributed by atoms with van der Waals surface area (Å²) in [6, 6.07) is 0. The topological polar surface area (TPSA) is 34.1 Å². The van der Waals surface area contributed by atoms with Gasteiger partial charge in [-0.05, 0) is 15.9 Å². The van der Waals surface area contributed by atoms with Crippen molar-refractivity contribution in [2.45, 2.75) is 6.92 Å². The average molecular weight is 199 g/mol. The second-order valence-electron chi connectivity index (χ2n) is 1.23. The van der Waals surface area contributed by atoms with E-state index >= 15 is 0 Å². The van der Waals surface area contributed by atoms with Crippen molar-refractivity contribution in [3.63, 3.8) is 0 Å². The Kier molecular flexibility index (Phi) is 4.36. The van der Waals surface area contributed by atoms with E-state index in [1.807, 2.05) is 0 Å². The smallest absolute Gasteiger partial charge is 0.210 e. The molecule has 0 saturated heterocycles. The first kappa shape index (κ1) is 8.30. The van der Waals surface area contributed by atoms with Gasteiger partial charge in [0.2, 0.25) is 4.69 Å². The molecule has 4 heteroatoms. The quantitative estimate of drug-likeness (QED) is 0.626. The molecule has 1 unspecified atom stereocenters. The molecule has 0 heterocycles. The number of hydrogen-bond acceptors (Lipinski definition) is 2. The average Bonchev–Trinajstić information content (AvgIpc) is 1.65. The molecule has 0 aliphatic rings. The number of hydrogen-bond donors (Lipinski definition) is 0. The molecule has 0 aromatic carbocycles. The van der Waals surface area contributed by atoms with Crippen LogP contribution in [-0.4, -0.2) is 20.4 Å². The molecular formula is C4H7BrO2S. The molecule has 0 aromatic rings. The summed E-state index contributed by atoms with van der Waals surface area (Å²) in [6.45, 7) is 1.78. The first-order chi connectivity index (χ1) is 3.66. The van der Waals surface area contributed by atoms with Gasteiger partial charge in [0.25, 0.3) is 0 Å². The predicted molar refractivity (Wildman–Crippen MR) is 37.5 cm³/mol. The van der Waals surface area contributed by atoms with Gasteiger partial charge in [-0.2, -0.15) is 0 Å². The molecule has 48 valence electrons. The summed E-state index contributed by atoms with van der Waals surface area (Å²) in [5.74, 6) is 0.688. The summed E-state index contributed by atoms with van der Waals surface area (Å²) in [7, 11) is -0.954. The summed E-state index contributed by atoms with van der Waals surface area (Å²) in [5, 5.41) is 0. The van der Waals surface area contributed by atoms with Crippen LogP contribution in [0, 0.1) is 0 Å². The third-order valence-corrected chi connectivity index (χ3v) is 2.48. The zero-order valence-electron chi connectivity index (χ0n) is 4.52. The zero-order chi connectivity index (χ0) is 6.57. The summed E-state index contributed by atoms with van der Waals surface area (Å²) in [4.78, 5) is 10.1. The van der Waals surface area contributed by atoms with Crippen LogP contribution < -0.4 is 0 Å². The molecule has 0 radical (unpaired) electrons. The molecule has 0 rings (SSSR count). The van der Waals surface area contributed by atoms with Crippen molar-refractivity contribution in [1.29, 1.82) is 0 Å². The van der Waals surface area contributed by atoms with Crippen molar-refractivity contribution in [3.05, 3.63) is 0 Å². The Balaban J connectivity index is 3.40. The van der Waals surface area contributed by atoms with Crippen LogP contribution in [0.4, 0.5) is 0 Å². The van der Waals surface area contributed by atoms with Crippen LogP contribution in [0.15, 0.2) is 0 Å². The third-order valence-electron chi connectivity index (χ3n) is 0.596. The number of carbonyl (C=O) groups excluding carboxylic acids is 1. The predicted octanol–water partition coefficient (Wildman–Crippen LogP) is 0.676. The Morgan fingerprint density at radius 2 is 2.25 bits per heavy atom. The molecule has 0 aromatic heterocycles. The minimum Gasteiger partial charge on any atom is -0.286 e. The van der Waals surface area contributed by atoms with Gasteiger partial charge >= 0.3 is 0 Å². The van der Waals surface area contributed by atoms with E-state index in [9.17, 15) is 9.00 Å². The van der Waals surface area contributed by atoms with Gasteiger partial charge in [-0.15, -0.1) is 0 Å². The van der Waals surface area contributed by atoms with Crippen molar-refractivity contribution < 1.29 is 9.00 Å². The lowest BCUT2D eigenvalue weighted by molar-refractivity contribution is -0.108. The number of carbonyl (C=O) groups is 1. The molecule has 0 N–H and O–H groups in total. The van der Waals surface area contributed by atoms with Crippen LogP contribution >= 0.6 is 15.9 Å². The van der Waals surface area contributed by atoms with Gasteiger partial charge in [0.1, 0.15) is 0 Å². The van der Waals surface area contributed by atoms with Crippen molar-refractivity contribution >= 4 is 31.4 Å². The summed E-state index contributed by atoms with van der Waals surface area (Å²) >= 11 is 2.68. The fourth-order valence-electron chi connectivity index (χ4n) is 0.229. The maximum Gasteiger partial charge on any atom is 0.210 e. The van der Waals surface area contributed by atoms with E-state index in [1.165, 1.54) is 0 Å². The lowest BCUT2D eigenvalue weighted by atomic mass is 10.9. The van der Waals surface area contributed by atoms with Crippen molar-refractivity contribution in [2.24, 2.45) is 0 Å². The van der Waals surface area contributed by atoms with Gasteiger partial charge in [0.05, 0.1) is 5.75 Å². The highest BCUT2D eigenvalue weighted by Crippen LogP contribution is 1.88. The Morgan fingerprint density at radius 3 is 2.38 bits per heavy atom. The van der Waals surface area contributed by atoms with Crippen LogP contribution in [0.2, 0.25) is 0 Å². The van der Waals surface area contributed by atoms with Gasteiger partial charge in [-0.25, -0.2) is 0 Å². The van der Waals surface area contributed by atoms with Gasteiger partial charge in [-0.1, -0.05) is 6.92 Å². The van der Waals surface area contributed by atoms with Crippen molar-refractivity contribution in [2.75, 3.05) is 11.5 Å². The van der Waals surface area contributed by atoms with E-state index in [1.54, 1.807) is 6.92 Å². The van der Waals surface area contributed by atoms with E-state index in [4.69, 9.17) is 0 Å². The highest BCUT2D eigenvalue weighted by Gasteiger charge is 1.99. The standard InChI is InChI=1S/C4H7BrO2S/c1-2-8(7)3-4(5)6/h2-3H2,1H3. The molecule has 0 aliphatic carbocycles. The Labute approximate surface area is 59.2 Å². The fourth-order valence-corrected chi connectivity index (χ4v) is 1.45. The minimum atomic E-state index is -0.954. The van der Waals surface area contributed by atoms with Crippen molar-refractivity contribution in [1.82, 2.24) is 0 Å². The lowest BCUT2D eigenvalue weighted by Crippen LogP contribution is -2.04. The zero-order valence-corrected chi connectivity index (χ0v) is 6.92. The molecule has 8 heavy (non-hydrogen) atoms. The van der Waals surface area contributed by atoms with Gasteiger partial charge in [0.15, 0.2) is 0 Å². The van der Waals surface area contributed by atoms with E-state index in [2.05, 4.69) is 15.9 Å². The highest BCUT2D eigenvalue weighted by atomic mass is 79.9. The Bertz CT molecular complexity index is 113. The fraction of sp³-hybridized carbons (Fsp3) is 0.750. The molecule has 1 atom stereocenters. The summed E-state index contributed by atoms with van der Waals surface area (Å²) in [5.41, 5.74) is 0. The number of halogens is 1. The minimum absolute atomic E-state index is 0.135. The van der Waals surface area contributed by atoms with E-state index in [0.717, 1.165) is 0 Å². The van der Waals surface area contributed by atoms with Crippen molar-refractivity contribution in [3.8, 4) is 0 Å². The molecule has 0 amide bonds. The van der Waals surface area contributed by atoms with E-state index < -0.39 is 10.8 Å². The molecular weight excluding hydrogens is 192 g/mol. The molecule has 0 saturated carbocycles. The number of rotatable bonds is 3. The van der Waals surface area contributed by atoms with E-state index in [0.29, 0.717) is 5.75 Å². The van der Waals surface area contributed by atoms with Gasteiger partial charge in [0, 0.05) is 16.6 Å². The monoisotopic (exact) mass is 198 g/mol. The molecule has 0 aliphatic heterocycles. The molecule has 0 fully saturated rings. The Morgan fingerprint density at radius 1 is 1.75 bits per heavy atom. The second kappa shape index (κ2) is 4.21. The largest absolute Gasteiger partial charge is 0.286 e. The molecule has 0 spiro atoms. The second-order valence-corrected chi connectivity index (χ2v) is 3.86. The Hall–Kier alpha value is 0.300.